The van der Waals surface area contributed by atoms with Crippen molar-refractivity contribution >= 4 is 16.9 Å². The topological polar surface area (TPSA) is 66.3 Å². The van der Waals surface area contributed by atoms with Gasteiger partial charge < -0.3 is 10.0 Å². The van der Waals surface area contributed by atoms with E-state index in [1.807, 2.05) is 71.6 Å². The molecule has 1 amide bonds. The van der Waals surface area contributed by atoms with Gasteiger partial charge in [-0.15, -0.1) is 0 Å². The molecule has 5 rings (SSSR count). The molecule has 0 saturated carbocycles. The molecule has 158 valence electrons. The second-order valence-corrected chi connectivity index (χ2v) is 8.13. The summed E-state index contributed by atoms with van der Waals surface area (Å²) in [5, 5.41) is 9.35. The van der Waals surface area contributed by atoms with Crippen LogP contribution in [0.15, 0.2) is 66.7 Å². The molecule has 4 aromatic rings. The van der Waals surface area contributed by atoms with Crippen LogP contribution in [0.3, 0.4) is 0 Å². The molecule has 5 heteroatoms. The predicted molar refractivity (Wildman–Crippen MR) is 124 cm³/mol. The molecule has 1 saturated heterocycles. The fourth-order valence-electron chi connectivity index (χ4n) is 4.18. The number of aliphatic hydroxyl groups is 1. The minimum atomic E-state index is 0.00131. The van der Waals surface area contributed by atoms with Crippen molar-refractivity contribution in [1.82, 2.24) is 14.9 Å². The van der Waals surface area contributed by atoms with E-state index >= 15 is 0 Å². The summed E-state index contributed by atoms with van der Waals surface area (Å²) in [6, 6.07) is 27.0. The van der Waals surface area contributed by atoms with Crippen LogP contribution in [0.4, 0.5) is 0 Å². The molecule has 1 fully saturated rings. The van der Waals surface area contributed by atoms with Gasteiger partial charge in [-0.05, 0) is 55.2 Å². The summed E-state index contributed by atoms with van der Waals surface area (Å²) in [6.07, 6.45) is 1.67. The van der Waals surface area contributed by atoms with E-state index in [0.717, 1.165) is 40.9 Å². The van der Waals surface area contributed by atoms with Crippen LogP contribution >= 0.6 is 0 Å². The monoisotopic (exact) mass is 421 g/mol. The van der Waals surface area contributed by atoms with Gasteiger partial charge in [0.25, 0.3) is 5.91 Å². The Kier molecular flexibility index (Phi) is 5.53. The highest BCUT2D eigenvalue weighted by Gasteiger charge is 2.23. The number of rotatable bonds is 4. The van der Waals surface area contributed by atoms with E-state index in [-0.39, 0.29) is 12.5 Å². The molecule has 0 aliphatic carbocycles. The summed E-state index contributed by atoms with van der Waals surface area (Å²) in [7, 11) is 0. The molecule has 0 radical (unpaired) electrons. The third kappa shape index (κ3) is 3.93. The summed E-state index contributed by atoms with van der Waals surface area (Å²) < 4.78 is 0. The number of nitrogens with zero attached hydrogens (tertiary/aromatic N) is 3. The Morgan fingerprint density at radius 1 is 0.938 bits per heavy atom. The summed E-state index contributed by atoms with van der Waals surface area (Å²) in [5.74, 6) is 0.293. The molecule has 5 nitrogen and oxygen atoms in total. The normalized spacial score (nSPS) is 14.3. The van der Waals surface area contributed by atoms with E-state index in [4.69, 9.17) is 9.97 Å². The van der Waals surface area contributed by atoms with E-state index in [1.165, 1.54) is 0 Å². The van der Waals surface area contributed by atoms with Crippen LogP contribution < -0.4 is 0 Å². The van der Waals surface area contributed by atoms with E-state index in [2.05, 4.69) is 12.1 Å². The Bertz CT molecular complexity index is 1230. The Hall–Kier alpha value is -3.75. The molecule has 1 aromatic heterocycles. The zero-order valence-corrected chi connectivity index (χ0v) is 17.7. The summed E-state index contributed by atoms with van der Waals surface area (Å²) in [5.41, 5.74) is 5.47. The van der Waals surface area contributed by atoms with Gasteiger partial charge >= 0.3 is 0 Å². The van der Waals surface area contributed by atoms with Crippen LogP contribution in [-0.2, 0) is 0 Å². The van der Waals surface area contributed by atoms with Crippen LogP contribution in [0.2, 0.25) is 0 Å². The minimum absolute atomic E-state index is 0.00131. The fraction of sp³-hybridized carbons (Fsp3) is 0.222. The van der Waals surface area contributed by atoms with Gasteiger partial charge in [0.05, 0.1) is 22.4 Å². The first-order valence-electron chi connectivity index (χ1n) is 10.9. The number of carbonyl (C=O) groups is 1. The van der Waals surface area contributed by atoms with Crippen molar-refractivity contribution < 1.29 is 9.90 Å². The SMILES string of the molecule is O=C(c1ccc2nc(-c3ccccc3)c(-c3cc#ccc3)nc2c1)N1CCC(CO)CC1. The maximum atomic E-state index is 13.1. The average molecular weight is 422 g/mol. The van der Waals surface area contributed by atoms with Crippen molar-refractivity contribution in [3.05, 3.63) is 84.4 Å². The second-order valence-electron chi connectivity index (χ2n) is 8.13. The van der Waals surface area contributed by atoms with Crippen LogP contribution in [0.1, 0.15) is 23.2 Å². The van der Waals surface area contributed by atoms with E-state index in [0.29, 0.717) is 30.1 Å². The largest absolute Gasteiger partial charge is 0.396 e. The summed E-state index contributed by atoms with van der Waals surface area (Å²) >= 11 is 0. The lowest BCUT2D eigenvalue weighted by Crippen LogP contribution is -2.39. The van der Waals surface area contributed by atoms with Gasteiger partial charge in [-0.25, -0.2) is 9.97 Å². The van der Waals surface area contributed by atoms with Crippen LogP contribution in [-0.4, -0.2) is 45.6 Å². The molecule has 3 aromatic carbocycles. The van der Waals surface area contributed by atoms with Crippen molar-refractivity contribution in [1.29, 1.82) is 0 Å². The first kappa shape index (κ1) is 20.2. The molecule has 1 aliphatic heterocycles. The first-order valence-corrected chi connectivity index (χ1v) is 10.9. The third-order valence-corrected chi connectivity index (χ3v) is 6.05. The smallest absolute Gasteiger partial charge is 0.253 e. The van der Waals surface area contributed by atoms with Gasteiger partial charge in [-0.1, -0.05) is 42.5 Å². The molecule has 1 N–H and O–H groups in total. The van der Waals surface area contributed by atoms with Gasteiger partial charge in [0, 0.05) is 36.4 Å². The van der Waals surface area contributed by atoms with Gasteiger partial charge in [-0.2, -0.15) is 0 Å². The molecular formula is C27H23N3O2. The number of aromatic nitrogens is 2. The van der Waals surface area contributed by atoms with E-state index in [9.17, 15) is 9.90 Å². The van der Waals surface area contributed by atoms with Crippen molar-refractivity contribution in [2.45, 2.75) is 12.8 Å². The highest BCUT2D eigenvalue weighted by atomic mass is 16.3. The van der Waals surface area contributed by atoms with E-state index < -0.39 is 0 Å². The number of amides is 1. The number of fused-ring (bicyclic) bond motifs is 1. The van der Waals surface area contributed by atoms with E-state index in [1.54, 1.807) is 0 Å². The maximum Gasteiger partial charge on any atom is 0.253 e. The zero-order valence-electron chi connectivity index (χ0n) is 17.7. The molecule has 0 bridgehead atoms. The number of carbonyl (C=O) groups excluding carboxylic acids is 1. The molecule has 0 atom stereocenters. The van der Waals surface area contributed by atoms with Crippen LogP contribution in [0.25, 0.3) is 33.5 Å². The Morgan fingerprint density at radius 3 is 2.41 bits per heavy atom. The van der Waals surface area contributed by atoms with Crippen molar-refractivity contribution in [2.75, 3.05) is 19.7 Å². The summed E-state index contributed by atoms with van der Waals surface area (Å²) in [6.45, 7) is 1.53. The zero-order chi connectivity index (χ0) is 21.9. The second kappa shape index (κ2) is 8.78. The van der Waals surface area contributed by atoms with Crippen LogP contribution in [0.5, 0.6) is 0 Å². The van der Waals surface area contributed by atoms with Crippen molar-refractivity contribution in [3.63, 3.8) is 0 Å². The Morgan fingerprint density at radius 2 is 1.69 bits per heavy atom. The first-order chi connectivity index (χ1) is 15.7. The average Bonchev–Trinajstić information content (AvgIpc) is 2.88. The Labute approximate surface area is 187 Å². The number of benzene rings is 2. The van der Waals surface area contributed by atoms with Crippen molar-refractivity contribution in [3.8, 4) is 22.5 Å². The lowest BCUT2D eigenvalue weighted by Gasteiger charge is -2.31. The predicted octanol–water partition coefficient (Wildman–Crippen LogP) is 4.41. The third-order valence-electron chi connectivity index (χ3n) is 6.05. The minimum Gasteiger partial charge on any atom is -0.396 e. The standard InChI is InChI=1S/C27H23N3O2/c31-18-19-13-15-30(16-14-19)27(32)22-11-12-23-24(17-22)29-26(21-9-5-2-6-10-21)25(28-23)20-7-3-1-4-8-20/h1,3-5,7-12,17,19,31H,13-16,18H2. The fourth-order valence-corrected chi connectivity index (χ4v) is 4.18. The molecule has 0 unspecified atom stereocenters. The maximum absolute atomic E-state index is 13.1. The van der Waals surface area contributed by atoms with Crippen LogP contribution in [0, 0.1) is 18.1 Å². The Balaban J connectivity index is 1.56. The number of piperidine rings is 1. The van der Waals surface area contributed by atoms with Gasteiger partial charge in [0.1, 0.15) is 0 Å². The van der Waals surface area contributed by atoms with Gasteiger partial charge in [-0.3, -0.25) is 4.79 Å². The highest BCUT2D eigenvalue weighted by molar-refractivity contribution is 5.98. The van der Waals surface area contributed by atoms with Gasteiger partial charge in [0.15, 0.2) is 0 Å². The number of likely N-dealkylation sites (tertiary alicyclic amines) is 1. The summed E-state index contributed by atoms with van der Waals surface area (Å²) in [4.78, 5) is 24.8. The number of hydrogen-bond acceptors (Lipinski definition) is 4. The number of aliphatic hydroxyl groups excluding tert-OH is 1. The van der Waals surface area contributed by atoms with Crippen molar-refractivity contribution in [2.24, 2.45) is 5.92 Å². The quantitative estimate of drug-likeness (QED) is 0.530. The molecular weight excluding hydrogens is 398 g/mol. The molecule has 2 heterocycles. The molecule has 0 spiro atoms. The lowest BCUT2D eigenvalue weighted by atomic mass is 9.97. The van der Waals surface area contributed by atoms with Gasteiger partial charge in [0.2, 0.25) is 0 Å². The molecule has 32 heavy (non-hydrogen) atoms. The lowest BCUT2D eigenvalue weighted by molar-refractivity contribution is 0.0651. The molecule has 1 aliphatic rings. The highest BCUT2D eigenvalue weighted by Crippen LogP contribution is 2.31. The number of hydrogen-bond donors (Lipinski definition) is 1.